The zero-order valence-corrected chi connectivity index (χ0v) is 36.3. The van der Waals surface area contributed by atoms with E-state index in [4.69, 9.17) is 48.5 Å². The first-order valence-electron chi connectivity index (χ1n) is 18.1. The molecule has 0 aromatic carbocycles. The first-order chi connectivity index (χ1) is 28.2. The zero-order chi connectivity index (χ0) is 43.4. The van der Waals surface area contributed by atoms with E-state index >= 15 is 8.78 Å². The third kappa shape index (κ3) is 9.13. The minimum absolute atomic E-state index is 0.000547. The van der Waals surface area contributed by atoms with Crippen molar-refractivity contribution >= 4 is 82.3 Å². The lowest BCUT2D eigenvalue weighted by Gasteiger charge is -2.30. The molecule has 0 unspecified atom stereocenters. The van der Waals surface area contributed by atoms with Gasteiger partial charge in [0.05, 0.1) is 36.7 Å². The molecule has 7 heterocycles. The number of rotatable bonds is 8. The molecule has 0 radical (unpaired) electrons. The van der Waals surface area contributed by atoms with Gasteiger partial charge in [0.1, 0.15) is 60.0 Å². The summed E-state index contributed by atoms with van der Waals surface area (Å²) >= 11 is 0.813. The number of imidazole rings is 2. The molecule has 4 aromatic heterocycles. The molecule has 10 atom stereocenters. The molecule has 0 amide bonds. The van der Waals surface area contributed by atoms with Crippen LogP contribution in [0.2, 0.25) is 0 Å². The molecule has 3 aliphatic heterocycles. The van der Waals surface area contributed by atoms with Crippen molar-refractivity contribution < 1.29 is 64.5 Å². The number of ether oxygens (including phenoxy) is 4. The Kier molecular flexibility index (Phi) is 12.6. The van der Waals surface area contributed by atoms with Crippen LogP contribution in [0.5, 0.6) is 0 Å². The highest BCUT2D eigenvalue weighted by Crippen LogP contribution is 2.66. The molecule has 22 nitrogen and oxygen atoms in total. The van der Waals surface area contributed by atoms with Gasteiger partial charge in [-0.25, -0.2) is 47.8 Å². The maximum absolute atomic E-state index is 16.9. The van der Waals surface area contributed by atoms with E-state index in [0.717, 1.165) is 12.7 Å². The lowest BCUT2D eigenvalue weighted by atomic mass is 9.98. The van der Waals surface area contributed by atoms with Gasteiger partial charge >= 0.3 is 25.5 Å². The number of anilines is 2. The monoisotopic (exact) mass is 922 g/mol. The molecule has 3 fully saturated rings. The van der Waals surface area contributed by atoms with Crippen LogP contribution in [0.15, 0.2) is 25.3 Å². The molecule has 3 saturated heterocycles. The van der Waals surface area contributed by atoms with Crippen LogP contribution in [-0.2, 0) is 55.8 Å². The Balaban J connectivity index is 1.24. The Morgan fingerprint density at radius 3 is 1.47 bits per heavy atom. The van der Waals surface area contributed by atoms with Gasteiger partial charge < -0.3 is 30.4 Å². The van der Waals surface area contributed by atoms with Gasteiger partial charge in [-0.3, -0.25) is 36.8 Å². The van der Waals surface area contributed by atoms with Crippen LogP contribution in [0.3, 0.4) is 0 Å². The SMILES string of the molecule is CC(C)(C)C(=O)OCS[P@]1(=O)OC[C@H]2O[C@@H](n3cnc4c(N)ncnc43)[C@H](F)[C@@H]2O[P@](=O)(SCOC(=O)C(C)(C)C)OC[C@H]2O[C@@H](n3cnc4c(N)ncnc43)[C@H](F)[C@@H]2O1. The molecule has 0 saturated carbocycles. The summed E-state index contributed by atoms with van der Waals surface area (Å²) in [5.41, 5.74) is 10.4. The normalized spacial score (nSPS) is 31.6. The molecular weight excluding hydrogens is 880 g/mol. The van der Waals surface area contributed by atoms with E-state index in [9.17, 15) is 18.7 Å². The molecule has 28 heteroatoms. The lowest BCUT2D eigenvalue weighted by Crippen LogP contribution is -2.37. The van der Waals surface area contributed by atoms with E-state index in [-0.39, 0.29) is 34.0 Å². The number of hydrogen-bond donors (Lipinski definition) is 2. The summed E-state index contributed by atoms with van der Waals surface area (Å²) in [6.45, 7) is -1.26. The molecule has 0 aliphatic carbocycles. The molecule has 3 aliphatic rings. The van der Waals surface area contributed by atoms with E-state index in [1.165, 1.54) is 21.8 Å². The van der Waals surface area contributed by atoms with Gasteiger partial charge in [0.25, 0.3) is 0 Å². The van der Waals surface area contributed by atoms with Crippen molar-refractivity contribution in [3.05, 3.63) is 25.3 Å². The summed E-state index contributed by atoms with van der Waals surface area (Å²) in [6.07, 6.45) is -9.50. The van der Waals surface area contributed by atoms with E-state index in [1.807, 2.05) is 0 Å². The Labute approximate surface area is 348 Å². The number of fused-ring (bicyclic) bond motifs is 4. The van der Waals surface area contributed by atoms with Crippen LogP contribution in [0.25, 0.3) is 22.3 Å². The highest BCUT2D eigenvalue weighted by Gasteiger charge is 2.56. The van der Waals surface area contributed by atoms with Gasteiger partial charge in [-0.15, -0.1) is 0 Å². The Morgan fingerprint density at radius 1 is 0.717 bits per heavy atom. The molecule has 4 N–H and O–H groups in total. The predicted octanol–water partition coefficient (Wildman–Crippen LogP) is 4.90. The first-order valence-corrected chi connectivity index (χ1v) is 24.4. The Hall–Kier alpha value is -3.58. The molecule has 0 bridgehead atoms. The van der Waals surface area contributed by atoms with Crippen molar-refractivity contribution in [2.45, 2.75) is 90.8 Å². The number of aromatic nitrogens is 8. The molecule has 7 rings (SSSR count). The summed E-state index contributed by atoms with van der Waals surface area (Å²) in [5, 5.41) is 0. The van der Waals surface area contributed by atoms with Gasteiger partial charge in [-0.1, -0.05) is 0 Å². The van der Waals surface area contributed by atoms with Crippen LogP contribution in [0, 0.1) is 10.8 Å². The van der Waals surface area contributed by atoms with E-state index in [0.29, 0.717) is 22.8 Å². The smallest absolute Gasteiger partial charge is 0.392 e. The number of carbonyl (C=O) groups is 2. The Morgan fingerprint density at radius 2 is 1.10 bits per heavy atom. The fraction of sp³-hybridized carbons (Fsp3) is 0.625. The Bertz CT molecular complexity index is 2190. The average Bonchev–Trinajstić information content (AvgIpc) is 3.94. The van der Waals surface area contributed by atoms with Crippen molar-refractivity contribution in [3.8, 4) is 0 Å². The standard InChI is InChI=1S/C32H42F2N10O12P2S2/c1-31(2,3)29(45)49-13-59-57(47)51-7-15-22(18(34)28(53-15)44-12-42-20-24(36)38-10-40-26(20)44)56-58(48,60-14-50-30(46)32(4,5)6)52-8-16-21(55-57)17(33)27(54-16)43-11-41-19-23(35)37-9-39-25(19)43/h9-12,15-18,21-22,27-28H,7-8,13-14H2,1-6H3,(H2,35,37,39)(H2,36,38,40)/t15-,16-,17-,18-,21-,22-,27-,28-,57-,58-/m1/s1. The van der Waals surface area contributed by atoms with Gasteiger partial charge in [-0.05, 0) is 41.5 Å². The second-order valence-electron chi connectivity index (χ2n) is 15.7. The fourth-order valence-electron chi connectivity index (χ4n) is 6.01. The second kappa shape index (κ2) is 16.9. The van der Waals surface area contributed by atoms with Crippen molar-refractivity contribution in [2.75, 3.05) is 36.6 Å². The number of esters is 2. The largest absolute Gasteiger partial charge is 0.454 e. The van der Waals surface area contributed by atoms with Gasteiger partial charge in [0.2, 0.25) is 0 Å². The lowest BCUT2D eigenvalue weighted by molar-refractivity contribution is -0.151. The van der Waals surface area contributed by atoms with Crippen LogP contribution in [0.4, 0.5) is 20.4 Å². The summed E-state index contributed by atoms with van der Waals surface area (Å²) in [4.78, 5) is 49.7. The van der Waals surface area contributed by atoms with E-state index in [2.05, 4.69) is 29.9 Å². The van der Waals surface area contributed by atoms with Crippen molar-refractivity contribution in [3.63, 3.8) is 0 Å². The highest BCUT2D eigenvalue weighted by molar-refractivity contribution is 8.55. The first kappa shape index (κ1) is 44.5. The van der Waals surface area contributed by atoms with Crippen molar-refractivity contribution in [2.24, 2.45) is 10.8 Å². The zero-order valence-electron chi connectivity index (χ0n) is 32.9. The van der Waals surface area contributed by atoms with Crippen LogP contribution < -0.4 is 11.5 Å². The number of nitrogens with zero attached hydrogens (tertiary/aromatic N) is 8. The van der Waals surface area contributed by atoms with Crippen molar-refractivity contribution in [1.29, 1.82) is 0 Å². The third-order valence-corrected chi connectivity index (χ3v) is 15.9. The third-order valence-electron chi connectivity index (χ3n) is 9.18. The number of nitrogen functional groups attached to an aromatic ring is 2. The average molecular weight is 923 g/mol. The summed E-state index contributed by atoms with van der Waals surface area (Å²) < 4.78 is 112. The predicted molar refractivity (Wildman–Crippen MR) is 210 cm³/mol. The number of halogens is 2. The van der Waals surface area contributed by atoms with E-state index < -0.39 is 111 Å². The number of hydrogen-bond acceptors (Lipinski definition) is 22. The van der Waals surface area contributed by atoms with Crippen LogP contribution in [0.1, 0.15) is 54.0 Å². The molecule has 4 aromatic rings. The fourth-order valence-corrected chi connectivity index (χ4v) is 11.6. The topological polar surface area (TPSA) is 281 Å². The van der Waals surface area contributed by atoms with Gasteiger partial charge in [0.15, 0.2) is 47.7 Å². The quantitative estimate of drug-likeness (QED) is 0.135. The molecular formula is C32H42F2N10O12P2S2. The van der Waals surface area contributed by atoms with Crippen LogP contribution in [-0.4, -0.2) is 113 Å². The summed E-state index contributed by atoms with van der Waals surface area (Å²) in [6, 6.07) is 0. The van der Waals surface area contributed by atoms with Crippen LogP contribution >= 0.6 is 36.4 Å². The number of carbonyl (C=O) groups excluding carboxylic acids is 2. The molecule has 328 valence electrons. The number of nitrogens with two attached hydrogens (primary N) is 2. The molecule has 0 spiro atoms. The maximum Gasteiger partial charge on any atom is 0.392 e. The minimum atomic E-state index is -4.66. The van der Waals surface area contributed by atoms with E-state index in [1.54, 1.807) is 41.5 Å². The van der Waals surface area contributed by atoms with Gasteiger partial charge in [0, 0.05) is 22.8 Å². The highest BCUT2D eigenvalue weighted by atomic mass is 32.7. The van der Waals surface area contributed by atoms with Gasteiger partial charge in [-0.2, -0.15) is 0 Å². The molecule has 60 heavy (non-hydrogen) atoms. The maximum atomic E-state index is 16.9. The summed E-state index contributed by atoms with van der Waals surface area (Å²) in [5.74, 6) is -2.47. The van der Waals surface area contributed by atoms with Crippen molar-refractivity contribution in [1.82, 2.24) is 39.0 Å². The number of alkyl halides is 2. The second-order valence-corrected chi connectivity index (χ2v) is 23.6. The summed E-state index contributed by atoms with van der Waals surface area (Å²) in [7, 11) is 0. The minimum Gasteiger partial charge on any atom is -0.454 e.